The Bertz CT molecular complexity index is 670. The van der Waals surface area contributed by atoms with E-state index in [0.29, 0.717) is 6.54 Å². The van der Waals surface area contributed by atoms with Crippen molar-refractivity contribution in [3.05, 3.63) is 36.0 Å². The van der Waals surface area contributed by atoms with Crippen LogP contribution in [0.15, 0.2) is 30.5 Å². The molecule has 6 nitrogen and oxygen atoms in total. The zero-order chi connectivity index (χ0) is 16.2. The summed E-state index contributed by atoms with van der Waals surface area (Å²) < 4.78 is 9.82. The number of fused-ring (bicyclic) bond motifs is 1. The van der Waals surface area contributed by atoms with Crippen molar-refractivity contribution in [1.29, 1.82) is 0 Å². The number of carbonyl (C=O) groups excluding carboxylic acids is 1. The molecule has 0 unspecified atom stereocenters. The molecule has 124 valence electrons. The number of ether oxygens (including phenoxy) is 2. The van der Waals surface area contributed by atoms with Gasteiger partial charge in [0.05, 0.1) is 7.11 Å². The normalized spacial score (nSPS) is 22.2. The number of methoxy groups -OCH3 is 1. The molecule has 0 amide bonds. The summed E-state index contributed by atoms with van der Waals surface area (Å²) in [4.78, 5) is 16.9. The van der Waals surface area contributed by atoms with Crippen LogP contribution in [0.5, 0.6) is 0 Å². The molecule has 3 N–H and O–H groups in total. The number of H-pyrrole nitrogens is 1. The van der Waals surface area contributed by atoms with E-state index in [2.05, 4.69) is 39.0 Å². The second-order valence-corrected chi connectivity index (χ2v) is 5.97. The first-order chi connectivity index (χ1) is 11.2. The number of nitrogens with zero attached hydrogens (tertiary/aromatic N) is 1. The Morgan fingerprint density at radius 1 is 1.43 bits per heavy atom. The molecule has 3 rings (SSSR count). The molecule has 6 heteroatoms. The van der Waals surface area contributed by atoms with Crippen LogP contribution in [-0.2, 0) is 15.9 Å². The van der Waals surface area contributed by atoms with E-state index >= 15 is 0 Å². The molecular weight excluding hydrogens is 294 g/mol. The van der Waals surface area contributed by atoms with Crippen LogP contribution in [0.25, 0.3) is 10.9 Å². The number of hydrogen-bond donors (Lipinski definition) is 2. The van der Waals surface area contributed by atoms with Crippen LogP contribution >= 0.6 is 0 Å². The highest BCUT2D eigenvalue weighted by Crippen LogP contribution is 2.19. The quantitative estimate of drug-likeness (QED) is 0.842. The molecule has 0 saturated carbocycles. The lowest BCUT2D eigenvalue weighted by Crippen LogP contribution is -2.52. The third-order valence-corrected chi connectivity index (χ3v) is 4.48. The van der Waals surface area contributed by atoms with Crippen LogP contribution in [0.2, 0.25) is 0 Å². The van der Waals surface area contributed by atoms with E-state index in [9.17, 15) is 4.79 Å². The maximum atomic E-state index is 11.3. The fraction of sp³-hybridized carbons (Fsp3) is 0.471. The van der Waals surface area contributed by atoms with Crippen LogP contribution in [0.3, 0.4) is 0 Å². The molecule has 2 atom stereocenters. The van der Waals surface area contributed by atoms with Gasteiger partial charge in [0.15, 0.2) is 0 Å². The number of aromatic amines is 1. The van der Waals surface area contributed by atoms with Gasteiger partial charge in [-0.15, -0.1) is 0 Å². The smallest absolute Gasteiger partial charge is 0.438 e. The van der Waals surface area contributed by atoms with Crippen LogP contribution in [0.4, 0.5) is 4.79 Å². The zero-order valence-corrected chi connectivity index (χ0v) is 13.3. The summed E-state index contributed by atoms with van der Waals surface area (Å²) in [6.45, 7) is 2.48. The van der Waals surface area contributed by atoms with Crippen molar-refractivity contribution in [3.8, 4) is 0 Å². The third kappa shape index (κ3) is 3.65. The van der Waals surface area contributed by atoms with Gasteiger partial charge in [0, 0.05) is 36.2 Å². The summed E-state index contributed by atoms with van der Waals surface area (Å²) in [6, 6.07) is 8.18. The second kappa shape index (κ2) is 7.02. The summed E-state index contributed by atoms with van der Waals surface area (Å²) in [6.07, 6.45) is 2.87. The van der Waals surface area contributed by atoms with Crippen LogP contribution < -0.4 is 5.73 Å². The molecule has 1 saturated heterocycles. The van der Waals surface area contributed by atoms with E-state index in [4.69, 9.17) is 10.5 Å². The molecule has 1 aliphatic rings. The maximum absolute atomic E-state index is 11.3. The van der Waals surface area contributed by atoms with Gasteiger partial charge < -0.3 is 20.2 Å². The van der Waals surface area contributed by atoms with Gasteiger partial charge in [0.2, 0.25) is 0 Å². The summed E-state index contributed by atoms with van der Waals surface area (Å²) >= 11 is 0. The zero-order valence-electron chi connectivity index (χ0n) is 13.3. The minimum Gasteiger partial charge on any atom is -0.438 e. The third-order valence-electron chi connectivity index (χ3n) is 4.48. The lowest BCUT2D eigenvalue weighted by Gasteiger charge is -2.35. The summed E-state index contributed by atoms with van der Waals surface area (Å²) in [5.74, 6) is 0. The molecule has 1 aromatic carbocycles. The van der Waals surface area contributed by atoms with Gasteiger partial charge in [-0.25, -0.2) is 4.79 Å². The van der Waals surface area contributed by atoms with E-state index in [0.717, 1.165) is 31.4 Å². The minimum absolute atomic E-state index is 0.126. The minimum atomic E-state index is -0.663. The number of rotatable bonds is 4. The van der Waals surface area contributed by atoms with Crippen LogP contribution in [0, 0.1) is 0 Å². The molecular formula is C17H23N3O3. The predicted octanol–water partition coefficient (Wildman–Crippen LogP) is 1.89. The van der Waals surface area contributed by atoms with Crippen molar-refractivity contribution in [3.63, 3.8) is 0 Å². The van der Waals surface area contributed by atoms with E-state index in [1.807, 2.05) is 6.07 Å². The Labute approximate surface area is 135 Å². The number of piperidine rings is 1. The SMILES string of the molecule is COC(=O)O[C@H]1CN(CCc2c[nH]c3ccccc23)CC[C@H]1N. The molecule has 0 bridgehead atoms. The lowest BCUT2D eigenvalue weighted by molar-refractivity contribution is -0.00527. The van der Waals surface area contributed by atoms with E-state index in [1.54, 1.807) is 0 Å². The highest BCUT2D eigenvalue weighted by atomic mass is 16.7. The molecule has 23 heavy (non-hydrogen) atoms. The summed E-state index contributed by atoms with van der Waals surface area (Å²) in [7, 11) is 1.31. The molecule has 2 aromatic rings. The fourth-order valence-electron chi connectivity index (χ4n) is 3.12. The predicted molar refractivity (Wildman–Crippen MR) is 88.3 cm³/mol. The standard InChI is InChI=1S/C17H23N3O3/c1-22-17(21)23-16-11-20(9-7-14(16)18)8-6-12-10-19-15-5-3-2-4-13(12)15/h2-5,10,14,16,19H,6-9,11,18H2,1H3/t14-,16+/m1/s1. The number of benzene rings is 1. The van der Waals surface area contributed by atoms with Crippen molar-refractivity contribution in [2.24, 2.45) is 5.73 Å². The number of para-hydroxylation sites is 1. The van der Waals surface area contributed by atoms with Crippen molar-refractivity contribution in [2.45, 2.75) is 25.0 Å². The van der Waals surface area contributed by atoms with Crippen LogP contribution in [0.1, 0.15) is 12.0 Å². The molecule has 0 spiro atoms. The van der Waals surface area contributed by atoms with Gasteiger partial charge in [-0.05, 0) is 31.0 Å². The summed E-state index contributed by atoms with van der Waals surface area (Å²) in [5.41, 5.74) is 8.51. The molecule has 2 heterocycles. The molecule has 1 fully saturated rings. The number of nitrogens with two attached hydrogens (primary N) is 1. The number of likely N-dealkylation sites (tertiary alicyclic amines) is 1. The van der Waals surface area contributed by atoms with E-state index in [-0.39, 0.29) is 12.1 Å². The van der Waals surface area contributed by atoms with Crippen molar-refractivity contribution < 1.29 is 14.3 Å². The fourth-order valence-corrected chi connectivity index (χ4v) is 3.12. The average molecular weight is 317 g/mol. The van der Waals surface area contributed by atoms with Gasteiger partial charge in [-0.3, -0.25) is 4.90 Å². The molecule has 0 aliphatic carbocycles. The van der Waals surface area contributed by atoms with E-state index in [1.165, 1.54) is 18.1 Å². The first-order valence-corrected chi connectivity index (χ1v) is 7.95. The van der Waals surface area contributed by atoms with Gasteiger partial charge in [0.25, 0.3) is 0 Å². The highest BCUT2D eigenvalue weighted by molar-refractivity contribution is 5.83. The van der Waals surface area contributed by atoms with E-state index < -0.39 is 6.16 Å². The van der Waals surface area contributed by atoms with Crippen molar-refractivity contribution in [1.82, 2.24) is 9.88 Å². The largest absolute Gasteiger partial charge is 0.508 e. The Balaban J connectivity index is 1.58. The number of hydrogen-bond acceptors (Lipinski definition) is 5. The second-order valence-electron chi connectivity index (χ2n) is 5.97. The van der Waals surface area contributed by atoms with Crippen molar-refractivity contribution in [2.75, 3.05) is 26.7 Å². The number of nitrogens with one attached hydrogen (secondary N) is 1. The molecule has 1 aromatic heterocycles. The van der Waals surface area contributed by atoms with Crippen molar-refractivity contribution >= 4 is 17.1 Å². The number of aromatic nitrogens is 1. The molecule has 1 aliphatic heterocycles. The highest BCUT2D eigenvalue weighted by Gasteiger charge is 2.29. The Morgan fingerprint density at radius 3 is 3.09 bits per heavy atom. The lowest BCUT2D eigenvalue weighted by atomic mass is 10.0. The average Bonchev–Trinajstić information content (AvgIpc) is 2.98. The van der Waals surface area contributed by atoms with Gasteiger partial charge in [-0.2, -0.15) is 0 Å². The Hall–Kier alpha value is -2.05. The first-order valence-electron chi connectivity index (χ1n) is 7.95. The first kappa shape index (κ1) is 15.8. The molecule has 0 radical (unpaired) electrons. The van der Waals surface area contributed by atoms with Gasteiger partial charge >= 0.3 is 6.16 Å². The Kier molecular flexibility index (Phi) is 4.83. The monoisotopic (exact) mass is 317 g/mol. The maximum Gasteiger partial charge on any atom is 0.508 e. The topological polar surface area (TPSA) is 80.6 Å². The number of carbonyl (C=O) groups is 1. The van der Waals surface area contributed by atoms with Gasteiger partial charge in [-0.1, -0.05) is 18.2 Å². The van der Waals surface area contributed by atoms with Gasteiger partial charge in [0.1, 0.15) is 6.10 Å². The Morgan fingerprint density at radius 2 is 2.26 bits per heavy atom. The summed E-state index contributed by atoms with van der Waals surface area (Å²) in [5, 5.41) is 1.27. The van der Waals surface area contributed by atoms with Crippen LogP contribution in [-0.4, -0.2) is 54.9 Å².